The second-order valence-corrected chi connectivity index (χ2v) is 4.74. The number of imide groups is 1. The van der Waals surface area contributed by atoms with Gasteiger partial charge < -0.3 is 14.7 Å². The van der Waals surface area contributed by atoms with E-state index in [-0.39, 0.29) is 17.3 Å². The molecular weight excluding hydrogens is 264 g/mol. The third kappa shape index (κ3) is 4.06. The van der Waals surface area contributed by atoms with Crippen molar-refractivity contribution in [3.05, 3.63) is 11.1 Å². The Bertz CT molecular complexity index is 436. The van der Waals surface area contributed by atoms with Crippen LogP contribution in [0.2, 0.25) is 0 Å². The van der Waals surface area contributed by atoms with Gasteiger partial charge in [0.2, 0.25) is 0 Å². The van der Waals surface area contributed by atoms with Gasteiger partial charge in [-0.25, -0.2) is 9.59 Å². The standard InChI is InChI=1S/C13H20N2O5/c1-8(9(2)12(17)18)11(16)14-13(19)15-6-4-10(20-3)5-7-15/h10H,4-7H2,1-3H3,(H,17,18)(H,14,16,19). The Morgan fingerprint density at radius 1 is 1.15 bits per heavy atom. The van der Waals surface area contributed by atoms with Crippen LogP contribution in [0.15, 0.2) is 11.1 Å². The molecule has 3 amide bonds. The van der Waals surface area contributed by atoms with Crippen LogP contribution in [0.5, 0.6) is 0 Å². The van der Waals surface area contributed by atoms with E-state index in [1.54, 1.807) is 7.11 Å². The van der Waals surface area contributed by atoms with Crippen LogP contribution in [0.4, 0.5) is 4.79 Å². The van der Waals surface area contributed by atoms with E-state index in [0.29, 0.717) is 13.1 Å². The Morgan fingerprint density at radius 2 is 1.70 bits per heavy atom. The number of methoxy groups -OCH3 is 1. The molecule has 0 aromatic rings. The van der Waals surface area contributed by atoms with Gasteiger partial charge in [0.05, 0.1) is 6.10 Å². The molecule has 7 nitrogen and oxygen atoms in total. The van der Waals surface area contributed by atoms with Crippen molar-refractivity contribution in [2.45, 2.75) is 32.8 Å². The molecule has 0 aromatic carbocycles. The molecule has 20 heavy (non-hydrogen) atoms. The maximum atomic E-state index is 11.9. The molecule has 112 valence electrons. The predicted molar refractivity (Wildman–Crippen MR) is 71.2 cm³/mol. The average Bonchev–Trinajstić information content (AvgIpc) is 2.45. The Labute approximate surface area is 117 Å². The van der Waals surface area contributed by atoms with Crippen LogP contribution in [0, 0.1) is 0 Å². The fraction of sp³-hybridized carbons (Fsp3) is 0.615. The molecule has 1 aliphatic heterocycles. The van der Waals surface area contributed by atoms with Gasteiger partial charge in [-0.15, -0.1) is 0 Å². The second kappa shape index (κ2) is 7.04. The number of rotatable bonds is 3. The maximum absolute atomic E-state index is 11.9. The molecule has 0 aliphatic carbocycles. The molecule has 0 unspecified atom stereocenters. The highest BCUT2D eigenvalue weighted by atomic mass is 16.5. The van der Waals surface area contributed by atoms with E-state index in [1.807, 2.05) is 0 Å². The summed E-state index contributed by atoms with van der Waals surface area (Å²) >= 11 is 0. The van der Waals surface area contributed by atoms with Crippen molar-refractivity contribution < 1.29 is 24.2 Å². The number of amides is 3. The topological polar surface area (TPSA) is 95.9 Å². The van der Waals surface area contributed by atoms with E-state index in [1.165, 1.54) is 18.7 Å². The van der Waals surface area contributed by atoms with Gasteiger partial charge in [0.1, 0.15) is 0 Å². The summed E-state index contributed by atoms with van der Waals surface area (Å²) in [5, 5.41) is 11.0. The second-order valence-electron chi connectivity index (χ2n) is 4.74. The SMILES string of the molecule is COC1CCN(C(=O)NC(=O)C(C)=C(C)C(=O)O)CC1. The molecule has 1 saturated heterocycles. The van der Waals surface area contributed by atoms with Gasteiger partial charge in [-0.05, 0) is 26.7 Å². The number of hydrogen-bond acceptors (Lipinski definition) is 4. The number of piperidine rings is 1. The van der Waals surface area contributed by atoms with Crippen LogP contribution in [-0.2, 0) is 14.3 Å². The van der Waals surface area contributed by atoms with Gasteiger partial charge in [0.15, 0.2) is 0 Å². The van der Waals surface area contributed by atoms with Crippen molar-refractivity contribution in [1.82, 2.24) is 10.2 Å². The number of carbonyl (C=O) groups is 3. The van der Waals surface area contributed by atoms with Crippen LogP contribution >= 0.6 is 0 Å². The lowest BCUT2D eigenvalue weighted by Gasteiger charge is -2.31. The normalized spacial score (nSPS) is 17.4. The zero-order valence-electron chi connectivity index (χ0n) is 11.9. The largest absolute Gasteiger partial charge is 0.478 e. The Hall–Kier alpha value is -1.89. The summed E-state index contributed by atoms with van der Waals surface area (Å²) in [6.45, 7) is 3.73. The van der Waals surface area contributed by atoms with E-state index in [9.17, 15) is 14.4 Å². The van der Waals surface area contributed by atoms with Crippen LogP contribution in [0.1, 0.15) is 26.7 Å². The summed E-state index contributed by atoms with van der Waals surface area (Å²) < 4.78 is 5.20. The minimum Gasteiger partial charge on any atom is -0.478 e. The van der Waals surface area contributed by atoms with E-state index >= 15 is 0 Å². The van der Waals surface area contributed by atoms with Crippen molar-refractivity contribution in [3.63, 3.8) is 0 Å². The number of urea groups is 1. The van der Waals surface area contributed by atoms with Crippen LogP contribution in [-0.4, -0.2) is 54.2 Å². The van der Waals surface area contributed by atoms with Crippen molar-refractivity contribution in [3.8, 4) is 0 Å². The summed E-state index contributed by atoms with van der Waals surface area (Å²) in [5.41, 5.74) is -0.0500. The van der Waals surface area contributed by atoms with Crippen molar-refractivity contribution in [2.75, 3.05) is 20.2 Å². The third-order valence-corrected chi connectivity index (χ3v) is 3.51. The van der Waals surface area contributed by atoms with Gasteiger partial charge in [-0.2, -0.15) is 0 Å². The number of nitrogens with zero attached hydrogens (tertiary/aromatic N) is 1. The van der Waals surface area contributed by atoms with Crippen LogP contribution in [0.3, 0.4) is 0 Å². The van der Waals surface area contributed by atoms with E-state index in [4.69, 9.17) is 9.84 Å². The van der Waals surface area contributed by atoms with Gasteiger partial charge in [0, 0.05) is 31.3 Å². The lowest BCUT2D eigenvalue weighted by molar-refractivity contribution is -0.133. The van der Waals surface area contributed by atoms with Crippen LogP contribution in [0.25, 0.3) is 0 Å². The summed E-state index contributed by atoms with van der Waals surface area (Å²) in [6.07, 6.45) is 1.59. The zero-order chi connectivity index (χ0) is 15.3. The molecule has 0 saturated carbocycles. The number of ether oxygens (including phenoxy) is 1. The lowest BCUT2D eigenvalue weighted by Crippen LogP contribution is -2.47. The highest BCUT2D eigenvalue weighted by molar-refractivity contribution is 6.07. The predicted octanol–water partition coefficient (Wildman–Crippen LogP) is 0.754. The van der Waals surface area contributed by atoms with E-state index in [0.717, 1.165) is 12.8 Å². The molecule has 1 rings (SSSR count). The van der Waals surface area contributed by atoms with Gasteiger partial charge in [-0.3, -0.25) is 10.1 Å². The Morgan fingerprint density at radius 3 is 2.15 bits per heavy atom. The fourth-order valence-electron chi connectivity index (χ4n) is 1.90. The summed E-state index contributed by atoms with van der Waals surface area (Å²) in [7, 11) is 1.63. The number of nitrogens with one attached hydrogen (secondary N) is 1. The maximum Gasteiger partial charge on any atom is 0.331 e. The highest BCUT2D eigenvalue weighted by Gasteiger charge is 2.24. The molecule has 7 heteroatoms. The first-order chi connectivity index (χ1) is 9.36. The van der Waals surface area contributed by atoms with Gasteiger partial charge >= 0.3 is 12.0 Å². The number of carboxylic acids is 1. The zero-order valence-corrected chi connectivity index (χ0v) is 11.9. The van der Waals surface area contributed by atoms with E-state index in [2.05, 4.69) is 5.32 Å². The molecule has 0 aromatic heterocycles. The molecule has 0 atom stereocenters. The number of aliphatic carboxylic acids is 1. The fourth-order valence-corrected chi connectivity index (χ4v) is 1.90. The summed E-state index contributed by atoms with van der Waals surface area (Å²) in [5.74, 6) is -1.85. The molecule has 0 radical (unpaired) electrons. The third-order valence-electron chi connectivity index (χ3n) is 3.51. The molecular formula is C13H20N2O5. The first kappa shape index (κ1) is 16.2. The van der Waals surface area contributed by atoms with Gasteiger partial charge in [0.25, 0.3) is 5.91 Å². The van der Waals surface area contributed by atoms with Crippen molar-refractivity contribution >= 4 is 17.9 Å². The number of hydrogen-bond donors (Lipinski definition) is 2. The molecule has 2 N–H and O–H groups in total. The monoisotopic (exact) mass is 284 g/mol. The number of carbonyl (C=O) groups excluding carboxylic acids is 2. The Kier molecular flexibility index (Phi) is 5.69. The number of likely N-dealkylation sites (tertiary alicyclic amines) is 1. The highest BCUT2D eigenvalue weighted by Crippen LogP contribution is 2.13. The molecule has 0 spiro atoms. The molecule has 1 heterocycles. The minimum atomic E-state index is -1.17. The van der Waals surface area contributed by atoms with Gasteiger partial charge in [-0.1, -0.05) is 0 Å². The summed E-state index contributed by atoms with van der Waals surface area (Å²) in [6, 6.07) is -0.498. The first-order valence-corrected chi connectivity index (χ1v) is 6.40. The minimum absolute atomic E-state index is 0.0256. The van der Waals surface area contributed by atoms with E-state index < -0.39 is 17.9 Å². The molecule has 1 fully saturated rings. The summed E-state index contributed by atoms with van der Waals surface area (Å²) in [4.78, 5) is 35.9. The smallest absolute Gasteiger partial charge is 0.331 e. The average molecular weight is 284 g/mol. The quantitative estimate of drug-likeness (QED) is 0.746. The van der Waals surface area contributed by atoms with Crippen LogP contribution < -0.4 is 5.32 Å². The lowest BCUT2D eigenvalue weighted by atomic mass is 10.1. The Balaban J connectivity index is 2.57. The molecule has 0 bridgehead atoms. The van der Waals surface area contributed by atoms with Crippen molar-refractivity contribution in [1.29, 1.82) is 0 Å². The van der Waals surface area contributed by atoms with Crippen molar-refractivity contribution in [2.24, 2.45) is 0 Å². The first-order valence-electron chi connectivity index (χ1n) is 6.40. The number of carboxylic acid groups (broad SMARTS) is 1. The molecule has 1 aliphatic rings.